The average Bonchev–Trinajstić information content (AvgIpc) is 2.92. The molecule has 1 fully saturated rings. The first-order chi connectivity index (χ1) is 13.0. The zero-order valence-electron chi connectivity index (χ0n) is 15.5. The van der Waals surface area contributed by atoms with Crippen LogP contribution < -0.4 is 4.74 Å². The minimum atomic E-state index is -0.0933. The number of ether oxygens (including phenoxy) is 1. The molecule has 0 atom stereocenters. The van der Waals surface area contributed by atoms with Crippen molar-refractivity contribution >= 4 is 34.6 Å². The highest BCUT2D eigenvalue weighted by Crippen LogP contribution is 2.36. The fourth-order valence-corrected chi connectivity index (χ4v) is 3.63. The number of amidine groups is 1. The third-order valence-electron chi connectivity index (χ3n) is 3.96. The van der Waals surface area contributed by atoms with Crippen molar-refractivity contribution in [2.75, 3.05) is 13.7 Å². The molecule has 0 unspecified atom stereocenters. The number of para-hydroxylation sites is 1. The molecule has 1 aliphatic rings. The summed E-state index contributed by atoms with van der Waals surface area (Å²) < 4.78 is 5.17. The number of hydrogen-bond acceptors (Lipinski definition) is 5. The van der Waals surface area contributed by atoms with Crippen molar-refractivity contribution < 1.29 is 14.6 Å². The van der Waals surface area contributed by atoms with Gasteiger partial charge in [-0.3, -0.25) is 9.69 Å². The Labute approximate surface area is 163 Å². The number of amides is 1. The van der Waals surface area contributed by atoms with Crippen molar-refractivity contribution in [2.45, 2.75) is 13.8 Å². The van der Waals surface area contributed by atoms with E-state index in [-0.39, 0.29) is 11.7 Å². The SMILES string of the molecule is COc1ccc(N=C2S/C(=C\c3ccccc3O)C(=O)N2CC(C)C)cc1. The maximum Gasteiger partial charge on any atom is 0.266 e. The summed E-state index contributed by atoms with van der Waals surface area (Å²) in [5.41, 5.74) is 1.37. The summed E-state index contributed by atoms with van der Waals surface area (Å²) in [5, 5.41) is 10.6. The minimum absolute atomic E-state index is 0.0933. The number of hydrogen-bond donors (Lipinski definition) is 1. The summed E-state index contributed by atoms with van der Waals surface area (Å²) in [6, 6.07) is 14.4. The Balaban J connectivity index is 1.95. The number of aliphatic imine (C=N–C) groups is 1. The molecule has 0 aliphatic carbocycles. The number of thioether (sulfide) groups is 1. The molecule has 0 spiro atoms. The first-order valence-electron chi connectivity index (χ1n) is 8.70. The molecule has 1 amide bonds. The van der Waals surface area contributed by atoms with E-state index >= 15 is 0 Å². The smallest absolute Gasteiger partial charge is 0.266 e. The maximum absolute atomic E-state index is 12.9. The predicted molar refractivity (Wildman–Crippen MR) is 110 cm³/mol. The molecule has 3 rings (SSSR count). The van der Waals surface area contributed by atoms with E-state index in [1.807, 2.05) is 30.3 Å². The van der Waals surface area contributed by atoms with E-state index in [0.29, 0.717) is 28.1 Å². The van der Waals surface area contributed by atoms with Gasteiger partial charge in [-0.2, -0.15) is 0 Å². The van der Waals surface area contributed by atoms with Gasteiger partial charge in [0.15, 0.2) is 5.17 Å². The van der Waals surface area contributed by atoms with E-state index in [0.717, 1.165) is 11.4 Å². The Morgan fingerprint density at radius 1 is 1.19 bits per heavy atom. The highest BCUT2D eigenvalue weighted by Gasteiger charge is 2.33. The molecule has 2 aromatic rings. The Hall–Kier alpha value is -2.73. The van der Waals surface area contributed by atoms with Crippen LogP contribution in [0.5, 0.6) is 11.5 Å². The fraction of sp³-hybridized carbons (Fsp3) is 0.238. The van der Waals surface area contributed by atoms with Crippen LogP contribution in [0.3, 0.4) is 0 Å². The molecular formula is C21H22N2O3S. The van der Waals surface area contributed by atoms with Gasteiger partial charge in [-0.25, -0.2) is 4.99 Å². The van der Waals surface area contributed by atoms with Crippen molar-refractivity contribution in [1.29, 1.82) is 0 Å². The minimum Gasteiger partial charge on any atom is -0.507 e. The van der Waals surface area contributed by atoms with Gasteiger partial charge in [-0.15, -0.1) is 0 Å². The average molecular weight is 382 g/mol. The molecule has 1 saturated heterocycles. The lowest BCUT2D eigenvalue weighted by molar-refractivity contribution is -0.122. The van der Waals surface area contributed by atoms with Crippen LogP contribution in [-0.2, 0) is 4.79 Å². The van der Waals surface area contributed by atoms with Crippen LogP contribution in [0.25, 0.3) is 6.08 Å². The van der Waals surface area contributed by atoms with Gasteiger partial charge in [0.25, 0.3) is 5.91 Å². The summed E-state index contributed by atoms with van der Waals surface area (Å²) in [6.07, 6.45) is 1.71. The Morgan fingerprint density at radius 3 is 2.52 bits per heavy atom. The fourth-order valence-electron chi connectivity index (χ4n) is 2.64. The van der Waals surface area contributed by atoms with Gasteiger partial charge in [0.2, 0.25) is 0 Å². The molecular weight excluding hydrogens is 360 g/mol. The maximum atomic E-state index is 12.9. The van der Waals surface area contributed by atoms with Gasteiger partial charge in [0.1, 0.15) is 11.5 Å². The third kappa shape index (κ3) is 4.52. The van der Waals surface area contributed by atoms with Gasteiger partial charge < -0.3 is 9.84 Å². The summed E-state index contributed by atoms with van der Waals surface area (Å²) in [6.45, 7) is 4.71. The van der Waals surface area contributed by atoms with Crippen molar-refractivity contribution in [3.63, 3.8) is 0 Å². The number of phenolic OH excluding ortho intramolecular Hbond substituents is 1. The molecule has 6 heteroatoms. The van der Waals surface area contributed by atoms with Gasteiger partial charge in [0, 0.05) is 12.1 Å². The van der Waals surface area contributed by atoms with E-state index in [4.69, 9.17) is 4.74 Å². The van der Waals surface area contributed by atoms with E-state index in [1.54, 1.807) is 36.3 Å². The number of rotatable bonds is 5. The second kappa shape index (κ2) is 8.31. The van der Waals surface area contributed by atoms with Gasteiger partial charge in [0.05, 0.1) is 17.7 Å². The Kier molecular flexibility index (Phi) is 5.86. The van der Waals surface area contributed by atoms with Crippen molar-refractivity contribution in [1.82, 2.24) is 4.90 Å². The molecule has 0 radical (unpaired) electrons. The highest BCUT2D eigenvalue weighted by molar-refractivity contribution is 8.18. The standard InChI is InChI=1S/C21H22N2O3S/c1-14(2)13-23-20(25)19(12-15-6-4-5-7-18(15)24)27-21(23)22-16-8-10-17(26-3)11-9-16/h4-12,14,24H,13H2,1-3H3/b19-12-,22-21?. The molecule has 1 aliphatic heterocycles. The first-order valence-corrected chi connectivity index (χ1v) is 9.51. The van der Waals surface area contributed by atoms with Crippen molar-refractivity contribution in [3.05, 3.63) is 59.0 Å². The summed E-state index contributed by atoms with van der Waals surface area (Å²) in [4.78, 5) is 19.8. The van der Waals surface area contributed by atoms with Gasteiger partial charge in [-0.05, 0) is 54.1 Å². The lowest BCUT2D eigenvalue weighted by Gasteiger charge is -2.17. The second-order valence-corrected chi connectivity index (χ2v) is 7.58. The molecule has 5 nitrogen and oxygen atoms in total. The van der Waals surface area contributed by atoms with E-state index in [2.05, 4.69) is 18.8 Å². The molecule has 1 N–H and O–H groups in total. The molecule has 2 aromatic carbocycles. The molecule has 0 bridgehead atoms. The number of methoxy groups -OCH3 is 1. The molecule has 0 saturated carbocycles. The number of aromatic hydroxyl groups is 1. The van der Waals surface area contributed by atoms with Crippen LogP contribution in [-0.4, -0.2) is 34.7 Å². The number of phenols is 1. The number of carbonyl (C=O) groups is 1. The van der Waals surface area contributed by atoms with Crippen LogP contribution in [0.4, 0.5) is 5.69 Å². The summed E-state index contributed by atoms with van der Waals surface area (Å²) >= 11 is 1.32. The third-order valence-corrected chi connectivity index (χ3v) is 4.96. The topological polar surface area (TPSA) is 62.1 Å². The van der Waals surface area contributed by atoms with Crippen LogP contribution in [0.2, 0.25) is 0 Å². The number of nitrogens with zero attached hydrogens (tertiary/aromatic N) is 2. The first kappa shape index (κ1) is 19.0. The Morgan fingerprint density at radius 2 is 1.89 bits per heavy atom. The lowest BCUT2D eigenvalue weighted by Crippen LogP contribution is -2.32. The molecule has 140 valence electrons. The predicted octanol–water partition coefficient (Wildman–Crippen LogP) is 4.66. The molecule has 27 heavy (non-hydrogen) atoms. The highest BCUT2D eigenvalue weighted by atomic mass is 32.2. The van der Waals surface area contributed by atoms with Gasteiger partial charge >= 0.3 is 0 Å². The quantitative estimate of drug-likeness (QED) is 0.764. The zero-order chi connectivity index (χ0) is 19.4. The van der Waals surface area contributed by atoms with Crippen molar-refractivity contribution in [3.8, 4) is 11.5 Å². The van der Waals surface area contributed by atoms with Gasteiger partial charge in [-0.1, -0.05) is 32.0 Å². The zero-order valence-corrected chi connectivity index (χ0v) is 16.4. The van der Waals surface area contributed by atoms with Crippen LogP contribution in [0.15, 0.2) is 58.4 Å². The monoisotopic (exact) mass is 382 g/mol. The second-order valence-electron chi connectivity index (χ2n) is 6.57. The molecule has 1 heterocycles. The normalized spacial score (nSPS) is 17.3. The summed E-state index contributed by atoms with van der Waals surface area (Å²) in [5.74, 6) is 1.12. The van der Waals surface area contributed by atoms with Crippen LogP contribution in [0, 0.1) is 5.92 Å². The van der Waals surface area contributed by atoms with E-state index in [9.17, 15) is 9.90 Å². The van der Waals surface area contributed by atoms with Crippen molar-refractivity contribution in [2.24, 2.45) is 10.9 Å². The molecule has 0 aromatic heterocycles. The van der Waals surface area contributed by atoms with E-state index < -0.39 is 0 Å². The van der Waals surface area contributed by atoms with Crippen LogP contribution in [0.1, 0.15) is 19.4 Å². The Bertz CT molecular complexity index is 889. The number of benzene rings is 2. The summed E-state index contributed by atoms with van der Waals surface area (Å²) in [7, 11) is 1.62. The van der Waals surface area contributed by atoms with E-state index in [1.165, 1.54) is 11.8 Å². The van der Waals surface area contributed by atoms with Crippen LogP contribution >= 0.6 is 11.8 Å². The number of carbonyl (C=O) groups excluding carboxylic acids is 1. The largest absolute Gasteiger partial charge is 0.507 e. The lowest BCUT2D eigenvalue weighted by atomic mass is 10.1.